The molecule has 21 heavy (non-hydrogen) atoms. The predicted molar refractivity (Wildman–Crippen MR) is 86.2 cm³/mol. The first-order chi connectivity index (χ1) is 9.93. The Labute approximate surface area is 128 Å². The van der Waals surface area contributed by atoms with E-state index in [1.807, 2.05) is 45.0 Å². The highest BCUT2D eigenvalue weighted by Gasteiger charge is 2.16. The first-order valence-corrected chi connectivity index (χ1v) is 7.64. The van der Waals surface area contributed by atoms with Gasteiger partial charge in [0.05, 0.1) is 13.2 Å². The largest absolute Gasteiger partial charge is 0.497 e. The Bertz CT molecular complexity index is 446. The highest BCUT2D eigenvalue weighted by molar-refractivity contribution is 5.78. The van der Waals surface area contributed by atoms with Gasteiger partial charge < -0.3 is 15.8 Å². The third-order valence-corrected chi connectivity index (χ3v) is 3.70. The second-order valence-electron chi connectivity index (χ2n) is 5.82. The maximum Gasteiger partial charge on any atom is 0.223 e. The lowest BCUT2D eigenvalue weighted by molar-refractivity contribution is -0.125. The molecule has 0 saturated heterocycles. The first kappa shape index (κ1) is 17.5. The van der Waals surface area contributed by atoms with E-state index >= 15 is 0 Å². The van der Waals surface area contributed by atoms with E-state index in [2.05, 4.69) is 5.32 Å². The number of methoxy groups -OCH3 is 1. The molecular formula is C17H28N2O2. The minimum absolute atomic E-state index is 0.0109. The number of nitrogens with one attached hydrogen (secondary N) is 1. The van der Waals surface area contributed by atoms with Crippen LogP contribution in [0.25, 0.3) is 0 Å². The number of rotatable bonds is 8. The Morgan fingerprint density at radius 1 is 1.29 bits per heavy atom. The third-order valence-electron chi connectivity index (χ3n) is 3.70. The van der Waals surface area contributed by atoms with Crippen LogP contribution >= 0.6 is 0 Å². The van der Waals surface area contributed by atoms with E-state index in [0.717, 1.165) is 30.6 Å². The molecule has 0 saturated carbocycles. The van der Waals surface area contributed by atoms with Crippen LogP contribution in [0.3, 0.4) is 0 Å². The molecule has 0 aliphatic carbocycles. The lowest BCUT2D eigenvalue weighted by Crippen LogP contribution is -2.31. The van der Waals surface area contributed by atoms with Crippen LogP contribution in [0, 0.1) is 5.92 Å². The fourth-order valence-electron chi connectivity index (χ4n) is 2.23. The molecule has 3 unspecified atom stereocenters. The summed E-state index contributed by atoms with van der Waals surface area (Å²) in [6.07, 6.45) is 2.82. The maximum absolute atomic E-state index is 12.2. The van der Waals surface area contributed by atoms with Crippen LogP contribution in [0.4, 0.5) is 0 Å². The summed E-state index contributed by atoms with van der Waals surface area (Å²) >= 11 is 0. The van der Waals surface area contributed by atoms with Gasteiger partial charge in [-0.25, -0.2) is 0 Å². The van der Waals surface area contributed by atoms with Gasteiger partial charge in [-0.2, -0.15) is 0 Å². The van der Waals surface area contributed by atoms with E-state index in [9.17, 15) is 4.79 Å². The highest BCUT2D eigenvalue weighted by atomic mass is 16.5. The molecular weight excluding hydrogens is 264 g/mol. The number of ether oxygens (including phenoxy) is 1. The molecule has 1 amide bonds. The van der Waals surface area contributed by atoms with E-state index in [0.29, 0.717) is 0 Å². The zero-order valence-electron chi connectivity index (χ0n) is 13.6. The molecule has 1 aromatic carbocycles. The van der Waals surface area contributed by atoms with E-state index < -0.39 is 0 Å². The van der Waals surface area contributed by atoms with Crippen molar-refractivity contribution in [1.82, 2.24) is 5.32 Å². The smallest absolute Gasteiger partial charge is 0.223 e. The van der Waals surface area contributed by atoms with Crippen molar-refractivity contribution in [1.29, 1.82) is 0 Å². The second-order valence-corrected chi connectivity index (χ2v) is 5.82. The normalized spacial score (nSPS) is 15.1. The van der Waals surface area contributed by atoms with Crippen molar-refractivity contribution in [2.75, 3.05) is 7.11 Å². The van der Waals surface area contributed by atoms with Crippen LogP contribution in [-0.2, 0) is 4.79 Å². The van der Waals surface area contributed by atoms with Crippen LogP contribution in [-0.4, -0.2) is 19.1 Å². The van der Waals surface area contributed by atoms with Gasteiger partial charge in [0.2, 0.25) is 5.91 Å². The summed E-state index contributed by atoms with van der Waals surface area (Å²) in [5.74, 6) is 0.908. The fraction of sp³-hybridized carbons (Fsp3) is 0.588. The lowest BCUT2D eigenvalue weighted by Gasteiger charge is -2.18. The minimum atomic E-state index is -0.0246. The van der Waals surface area contributed by atoms with Gasteiger partial charge in [-0.05, 0) is 44.4 Å². The van der Waals surface area contributed by atoms with Crippen LogP contribution in [0.15, 0.2) is 24.3 Å². The van der Waals surface area contributed by atoms with Gasteiger partial charge in [0, 0.05) is 12.0 Å². The Morgan fingerprint density at radius 3 is 2.62 bits per heavy atom. The average Bonchev–Trinajstić information content (AvgIpc) is 2.46. The highest BCUT2D eigenvalue weighted by Crippen LogP contribution is 2.19. The van der Waals surface area contributed by atoms with Crippen LogP contribution in [0.1, 0.15) is 51.6 Å². The molecule has 0 radical (unpaired) electrons. The van der Waals surface area contributed by atoms with Gasteiger partial charge in [0.25, 0.3) is 0 Å². The van der Waals surface area contributed by atoms with Gasteiger partial charge in [-0.1, -0.05) is 25.5 Å². The van der Waals surface area contributed by atoms with E-state index in [-0.39, 0.29) is 23.9 Å². The van der Waals surface area contributed by atoms with Crippen LogP contribution < -0.4 is 15.8 Å². The number of amides is 1. The molecule has 1 aromatic rings. The predicted octanol–water partition coefficient (Wildman–Crippen LogP) is 3.03. The van der Waals surface area contributed by atoms with Crippen molar-refractivity contribution in [2.24, 2.45) is 11.7 Å². The molecule has 3 atom stereocenters. The molecule has 0 bridgehead atoms. The van der Waals surface area contributed by atoms with Gasteiger partial charge in [0.1, 0.15) is 5.75 Å². The number of hydrogen-bond acceptors (Lipinski definition) is 3. The van der Waals surface area contributed by atoms with Crippen LogP contribution in [0.2, 0.25) is 0 Å². The lowest BCUT2D eigenvalue weighted by atomic mass is 10.0. The molecule has 0 spiro atoms. The van der Waals surface area contributed by atoms with Gasteiger partial charge in [-0.15, -0.1) is 0 Å². The summed E-state index contributed by atoms with van der Waals surface area (Å²) in [5, 5.41) is 3.06. The molecule has 0 aliphatic heterocycles. The molecule has 0 aliphatic rings. The first-order valence-electron chi connectivity index (χ1n) is 7.64. The quantitative estimate of drug-likeness (QED) is 0.774. The molecule has 1 rings (SSSR count). The third kappa shape index (κ3) is 6.17. The molecule has 0 heterocycles. The van der Waals surface area contributed by atoms with Crippen molar-refractivity contribution in [3.05, 3.63) is 29.8 Å². The van der Waals surface area contributed by atoms with E-state index in [1.54, 1.807) is 7.11 Å². The van der Waals surface area contributed by atoms with Crippen molar-refractivity contribution in [2.45, 2.75) is 52.1 Å². The SMILES string of the molecule is COc1cccc(C(C)NC(=O)C(C)CCCC(C)N)c1. The van der Waals surface area contributed by atoms with Gasteiger partial charge >= 0.3 is 0 Å². The summed E-state index contributed by atoms with van der Waals surface area (Å²) in [5.41, 5.74) is 6.77. The number of carbonyl (C=O) groups excluding carboxylic acids is 1. The number of hydrogen-bond donors (Lipinski definition) is 2. The maximum atomic E-state index is 12.2. The fourth-order valence-corrected chi connectivity index (χ4v) is 2.23. The Balaban J connectivity index is 2.48. The second kappa shape index (κ2) is 8.67. The molecule has 3 N–H and O–H groups in total. The Morgan fingerprint density at radius 2 is 2.00 bits per heavy atom. The van der Waals surface area contributed by atoms with Gasteiger partial charge in [-0.3, -0.25) is 4.79 Å². The number of carbonyl (C=O) groups is 1. The topological polar surface area (TPSA) is 64.3 Å². The van der Waals surface area contributed by atoms with Crippen molar-refractivity contribution < 1.29 is 9.53 Å². The number of benzene rings is 1. The van der Waals surface area contributed by atoms with Crippen LogP contribution in [0.5, 0.6) is 5.75 Å². The van der Waals surface area contributed by atoms with Gasteiger partial charge in [0.15, 0.2) is 0 Å². The van der Waals surface area contributed by atoms with Crippen molar-refractivity contribution >= 4 is 5.91 Å². The van der Waals surface area contributed by atoms with Crippen molar-refractivity contribution in [3.8, 4) is 5.75 Å². The van der Waals surface area contributed by atoms with Crippen molar-refractivity contribution in [3.63, 3.8) is 0 Å². The van der Waals surface area contributed by atoms with E-state index in [4.69, 9.17) is 10.5 Å². The summed E-state index contributed by atoms with van der Waals surface area (Å²) in [4.78, 5) is 12.2. The summed E-state index contributed by atoms with van der Waals surface area (Å²) < 4.78 is 5.21. The zero-order valence-corrected chi connectivity index (χ0v) is 13.6. The number of nitrogens with two attached hydrogens (primary N) is 1. The summed E-state index contributed by atoms with van der Waals surface area (Å²) in [7, 11) is 1.64. The standard InChI is InChI=1S/C17H28N2O2/c1-12(7-5-8-13(2)18)17(20)19-14(3)15-9-6-10-16(11-15)21-4/h6,9-14H,5,7-8,18H2,1-4H3,(H,19,20). The molecule has 118 valence electrons. The van der Waals surface area contributed by atoms with E-state index in [1.165, 1.54) is 0 Å². The molecule has 4 nitrogen and oxygen atoms in total. The summed E-state index contributed by atoms with van der Waals surface area (Å²) in [6, 6.07) is 7.96. The Kier molecular flexibility index (Phi) is 7.23. The molecule has 0 aromatic heterocycles. The summed E-state index contributed by atoms with van der Waals surface area (Å²) in [6.45, 7) is 5.95. The molecule has 0 fully saturated rings. The monoisotopic (exact) mass is 292 g/mol. The Hall–Kier alpha value is -1.55. The molecule has 4 heteroatoms. The zero-order chi connectivity index (χ0) is 15.8. The average molecular weight is 292 g/mol. The minimum Gasteiger partial charge on any atom is -0.497 e.